The minimum Gasteiger partial charge on any atom is -0.481 e. The molecule has 2 atom stereocenters. The van der Waals surface area contributed by atoms with Gasteiger partial charge in [-0.15, -0.1) is 12.4 Å². The summed E-state index contributed by atoms with van der Waals surface area (Å²) in [5.74, 6) is -2.01. The number of aliphatic carboxylic acids is 1. The van der Waals surface area contributed by atoms with E-state index in [-0.39, 0.29) is 36.7 Å². The van der Waals surface area contributed by atoms with Crippen molar-refractivity contribution in [3.05, 3.63) is 59.2 Å². The van der Waals surface area contributed by atoms with Crippen LogP contribution in [0.2, 0.25) is 0 Å². The molecule has 0 saturated carbocycles. The van der Waals surface area contributed by atoms with E-state index in [4.69, 9.17) is 5.11 Å². The maximum atomic E-state index is 14.8. The van der Waals surface area contributed by atoms with Crippen LogP contribution in [-0.2, 0) is 27.7 Å². The molecule has 2 aromatic carbocycles. The maximum Gasteiger partial charge on any atom is 0.303 e. The third-order valence-electron chi connectivity index (χ3n) is 6.48. The fraction of sp³-hybridized carbons (Fsp3) is 0.500. The van der Waals surface area contributed by atoms with E-state index in [0.29, 0.717) is 55.3 Å². The van der Waals surface area contributed by atoms with Gasteiger partial charge in [0.1, 0.15) is 11.6 Å². The molecule has 1 saturated heterocycles. The number of rotatable bonds is 13. The van der Waals surface area contributed by atoms with E-state index in [1.54, 1.807) is 6.92 Å². The first-order valence-corrected chi connectivity index (χ1v) is 13.9. The van der Waals surface area contributed by atoms with Crippen molar-refractivity contribution in [1.29, 1.82) is 0 Å². The zero-order valence-electron chi connectivity index (χ0n) is 20.4. The number of carboxylic acids is 1. The summed E-state index contributed by atoms with van der Waals surface area (Å²) in [6.07, 6.45) is 4.63. The molecule has 1 aliphatic rings. The monoisotopic (exact) mass is 544 g/mol. The Morgan fingerprint density at radius 3 is 2.61 bits per heavy atom. The summed E-state index contributed by atoms with van der Waals surface area (Å²) in [4.78, 5) is 10.6. The lowest BCUT2D eigenvalue weighted by molar-refractivity contribution is -0.137. The quantitative estimate of drug-likeness (QED) is 0.314. The summed E-state index contributed by atoms with van der Waals surface area (Å²) in [5.41, 5.74) is 2.63. The molecule has 0 aromatic heterocycles. The number of halogens is 3. The molecule has 3 rings (SSSR count). The van der Waals surface area contributed by atoms with E-state index in [1.807, 2.05) is 24.3 Å². The van der Waals surface area contributed by atoms with Gasteiger partial charge in [0.25, 0.3) is 0 Å². The van der Waals surface area contributed by atoms with E-state index in [1.165, 1.54) is 6.07 Å². The summed E-state index contributed by atoms with van der Waals surface area (Å²) >= 11 is 0. The Bertz CT molecular complexity index is 1130. The molecular weight excluding hydrogens is 510 g/mol. The van der Waals surface area contributed by atoms with Crippen LogP contribution in [0.3, 0.4) is 0 Å². The smallest absolute Gasteiger partial charge is 0.303 e. The first-order chi connectivity index (χ1) is 16.7. The highest BCUT2D eigenvalue weighted by Crippen LogP contribution is 2.30. The van der Waals surface area contributed by atoms with Gasteiger partial charge in [0.2, 0.25) is 10.0 Å². The average molecular weight is 545 g/mol. The summed E-state index contributed by atoms with van der Waals surface area (Å²) in [5, 5.41) is 12.1. The molecule has 6 nitrogen and oxygen atoms in total. The number of sulfonamides is 1. The standard InChI is InChI=1S/C26H34F2N2O4S.ClH/c1-2-35(33,34)30-24-12-13-29-25(24)15-18-8-7-9-19(14-18)22-16-20(27)17-23(28)21(22)10-5-3-4-6-11-26(31)32;/h7-9,14,16-17,24-25,29-30H,2-6,10-13,15H2,1H3,(H,31,32);1H. The lowest BCUT2D eigenvalue weighted by Crippen LogP contribution is -2.45. The lowest BCUT2D eigenvalue weighted by Gasteiger charge is -2.21. The molecule has 10 heteroatoms. The van der Waals surface area contributed by atoms with E-state index in [0.717, 1.165) is 24.5 Å². The third kappa shape index (κ3) is 8.80. The fourth-order valence-corrected chi connectivity index (χ4v) is 5.51. The second-order valence-corrected chi connectivity index (χ2v) is 11.1. The van der Waals surface area contributed by atoms with Crippen LogP contribution in [0.4, 0.5) is 8.78 Å². The molecule has 1 fully saturated rings. The van der Waals surface area contributed by atoms with Gasteiger partial charge in [-0.25, -0.2) is 21.9 Å². The van der Waals surface area contributed by atoms with Crippen LogP contribution in [0.1, 0.15) is 56.6 Å². The van der Waals surface area contributed by atoms with E-state index < -0.39 is 27.6 Å². The first-order valence-electron chi connectivity index (χ1n) is 12.2. The molecule has 0 amide bonds. The van der Waals surface area contributed by atoms with Crippen molar-refractivity contribution < 1.29 is 27.1 Å². The highest BCUT2D eigenvalue weighted by molar-refractivity contribution is 7.89. The van der Waals surface area contributed by atoms with Gasteiger partial charge < -0.3 is 10.4 Å². The summed E-state index contributed by atoms with van der Waals surface area (Å²) in [7, 11) is -3.32. The highest BCUT2D eigenvalue weighted by Gasteiger charge is 2.30. The third-order valence-corrected chi connectivity index (χ3v) is 7.90. The molecule has 0 spiro atoms. The van der Waals surface area contributed by atoms with Crippen molar-refractivity contribution in [2.75, 3.05) is 12.3 Å². The Kier molecular flexibility index (Phi) is 11.7. The molecule has 1 aliphatic heterocycles. The molecule has 0 bridgehead atoms. The molecule has 3 N–H and O–H groups in total. The van der Waals surface area contributed by atoms with Crippen LogP contribution in [0.25, 0.3) is 11.1 Å². The van der Waals surface area contributed by atoms with Crippen molar-refractivity contribution in [2.45, 2.75) is 70.4 Å². The van der Waals surface area contributed by atoms with Gasteiger partial charge in [-0.3, -0.25) is 4.79 Å². The van der Waals surface area contributed by atoms with Crippen LogP contribution in [-0.4, -0.2) is 43.9 Å². The maximum absolute atomic E-state index is 14.8. The van der Waals surface area contributed by atoms with Gasteiger partial charge in [-0.2, -0.15) is 0 Å². The second kappa shape index (κ2) is 14.0. The molecule has 0 aliphatic carbocycles. The molecule has 0 radical (unpaired) electrons. The minimum absolute atomic E-state index is 0. The van der Waals surface area contributed by atoms with Crippen molar-refractivity contribution in [2.24, 2.45) is 0 Å². The lowest BCUT2D eigenvalue weighted by atomic mass is 9.92. The van der Waals surface area contributed by atoms with Gasteiger partial charge in [0, 0.05) is 24.6 Å². The van der Waals surface area contributed by atoms with Crippen molar-refractivity contribution in [1.82, 2.24) is 10.0 Å². The van der Waals surface area contributed by atoms with Gasteiger partial charge in [-0.05, 0) is 73.9 Å². The second-order valence-electron chi connectivity index (χ2n) is 9.10. The molecule has 1 heterocycles. The number of hydrogen-bond donors (Lipinski definition) is 3. The molecule has 2 unspecified atom stereocenters. The topological polar surface area (TPSA) is 95.5 Å². The van der Waals surface area contributed by atoms with Crippen LogP contribution in [0, 0.1) is 11.6 Å². The number of hydrogen-bond acceptors (Lipinski definition) is 4. The summed E-state index contributed by atoms with van der Waals surface area (Å²) in [6.45, 7) is 2.32. The molecular formula is C26H35ClF2N2O4S. The van der Waals surface area contributed by atoms with Crippen molar-refractivity contribution in [3.63, 3.8) is 0 Å². The Morgan fingerprint density at radius 1 is 1.14 bits per heavy atom. The Morgan fingerprint density at radius 2 is 1.89 bits per heavy atom. The predicted molar refractivity (Wildman–Crippen MR) is 140 cm³/mol. The van der Waals surface area contributed by atoms with E-state index in [9.17, 15) is 22.0 Å². The highest BCUT2D eigenvalue weighted by atomic mass is 35.5. The Labute approximate surface area is 218 Å². The van der Waals surface area contributed by atoms with E-state index >= 15 is 0 Å². The minimum atomic E-state index is -3.32. The fourth-order valence-electron chi connectivity index (χ4n) is 4.60. The van der Waals surface area contributed by atoms with Gasteiger partial charge in [-0.1, -0.05) is 37.1 Å². The van der Waals surface area contributed by atoms with Crippen molar-refractivity contribution >= 4 is 28.4 Å². The SMILES string of the molecule is CCS(=O)(=O)NC1CCNC1Cc1cccc(-c2cc(F)cc(F)c2CCCCCCC(=O)O)c1.Cl. The zero-order valence-corrected chi connectivity index (χ0v) is 22.1. The molecule has 200 valence electrons. The van der Waals surface area contributed by atoms with E-state index in [2.05, 4.69) is 10.0 Å². The Hall–Kier alpha value is -2.07. The van der Waals surface area contributed by atoms with Gasteiger partial charge >= 0.3 is 5.97 Å². The average Bonchev–Trinajstić information content (AvgIpc) is 3.22. The van der Waals surface area contributed by atoms with Crippen LogP contribution < -0.4 is 10.0 Å². The summed E-state index contributed by atoms with van der Waals surface area (Å²) in [6, 6.07) is 9.51. The van der Waals surface area contributed by atoms with Crippen LogP contribution in [0.15, 0.2) is 36.4 Å². The van der Waals surface area contributed by atoms with Gasteiger partial charge in [0.05, 0.1) is 5.75 Å². The molecule has 36 heavy (non-hydrogen) atoms. The zero-order chi connectivity index (χ0) is 25.4. The number of carboxylic acid groups (broad SMARTS) is 1. The Balaban J connectivity index is 0.00000456. The van der Waals surface area contributed by atoms with Crippen LogP contribution >= 0.6 is 12.4 Å². The largest absolute Gasteiger partial charge is 0.481 e. The normalized spacial score (nSPS) is 17.6. The van der Waals surface area contributed by atoms with Gasteiger partial charge in [0.15, 0.2) is 0 Å². The van der Waals surface area contributed by atoms with Crippen molar-refractivity contribution in [3.8, 4) is 11.1 Å². The molecule has 2 aromatic rings. The number of unbranched alkanes of at least 4 members (excludes halogenated alkanes) is 3. The predicted octanol–water partition coefficient (Wildman–Crippen LogP) is 4.84. The first kappa shape index (κ1) is 30.2. The van der Waals surface area contributed by atoms with Crippen LogP contribution in [0.5, 0.6) is 0 Å². The number of carbonyl (C=O) groups is 1. The number of nitrogens with one attached hydrogen (secondary N) is 2. The summed E-state index contributed by atoms with van der Waals surface area (Å²) < 4.78 is 55.7. The number of benzene rings is 2.